The molecule has 9 rings (SSSR count). The Kier molecular flexibility index (Phi) is 9.06. The first-order valence-electron chi connectivity index (χ1n) is 18.5. The van der Waals surface area contributed by atoms with E-state index in [0.29, 0.717) is 89.2 Å². The van der Waals surface area contributed by atoms with Crippen molar-refractivity contribution in [3.05, 3.63) is 167 Å². The summed E-state index contributed by atoms with van der Waals surface area (Å²) in [4.78, 5) is 64.5. The zero-order chi connectivity index (χ0) is 41.7. The number of hydrogen-bond donors (Lipinski definition) is 6. The fourth-order valence-electron chi connectivity index (χ4n) is 7.57. The van der Waals surface area contributed by atoms with Gasteiger partial charge in [0.05, 0.1) is 39.3 Å². The van der Waals surface area contributed by atoms with Crippen molar-refractivity contribution in [1.29, 1.82) is 0 Å². The number of fused-ring (bicyclic) bond motifs is 8. The molecule has 290 valence electrons. The molecule has 6 N–H and O–H groups in total. The second-order valence-electron chi connectivity index (χ2n) is 14.1. The molecule has 0 unspecified atom stereocenters. The van der Waals surface area contributed by atoms with Gasteiger partial charge in [-0.15, -0.1) is 0 Å². The van der Waals surface area contributed by atoms with Crippen molar-refractivity contribution in [2.45, 2.75) is 0 Å². The highest BCUT2D eigenvalue weighted by Crippen LogP contribution is 2.40. The fraction of sp³-hybridized carbons (Fsp3) is 0. The van der Waals surface area contributed by atoms with E-state index in [0.717, 1.165) is 0 Å². The summed E-state index contributed by atoms with van der Waals surface area (Å²) in [7, 11) is 0. The average Bonchev–Trinajstić information content (AvgIpc) is 4.10. The minimum atomic E-state index is -1.06. The van der Waals surface area contributed by atoms with Crippen molar-refractivity contribution in [3.8, 4) is 44.5 Å². The van der Waals surface area contributed by atoms with Crippen LogP contribution < -0.4 is 0 Å². The van der Waals surface area contributed by atoms with Gasteiger partial charge >= 0.3 is 23.9 Å². The highest BCUT2D eigenvalue weighted by molar-refractivity contribution is 6.06. The molecule has 0 saturated carbocycles. The Morgan fingerprint density at radius 3 is 1.08 bits per heavy atom. The van der Waals surface area contributed by atoms with Crippen LogP contribution in [0.1, 0.15) is 58.4 Å². The lowest BCUT2D eigenvalue weighted by Crippen LogP contribution is -1.96. The molecule has 0 spiro atoms. The second kappa shape index (κ2) is 14.7. The van der Waals surface area contributed by atoms with Crippen molar-refractivity contribution in [2.24, 2.45) is 4.99 Å². The summed E-state index contributed by atoms with van der Waals surface area (Å²) in [6.07, 6.45) is 5.46. The average molecular weight is 791 g/mol. The van der Waals surface area contributed by atoms with Crippen molar-refractivity contribution >= 4 is 70.0 Å². The van der Waals surface area contributed by atoms with Gasteiger partial charge in [-0.25, -0.2) is 24.2 Å². The molecule has 60 heavy (non-hydrogen) atoms. The number of carboxylic acids is 4. The normalized spacial score (nSPS) is 11.7. The van der Waals surface area contributed by atoms with Crippen LogP contribution in [0.3, 0.4) is 0 Å². The van der Waals surface area contributed by atoms with E-state index in [2.05, 4.69) is 9.97 Å². The first kappa shape index (κ1) is 37.0. The van der Waals surface area contributed by atoms with Gasteiger partial charge in [-0.2, -0.15) is 0 Å². The molecule has 12 nitrogen and oxygen atoms in total. The first-order valence-corrected chi connectivity index (χ1v) is 18.5. The number of nitrogens with one attached hydrogen (secondary N) is 2. The maximum absolute atomic E-state index is 11.8. The van der Waals surface area contributed by atoms with Gasteiger partial charge in [0, 0.05) is 56.1 Å². The lowest BCUT2D eigenvalue weighted by atomic mass is 9.99. The van der Waals surface area contributed by atoms with Crippen LogP contribution in [0.25, 0.3) is 78.7 Å². The molecule has 0 aliphatic carbocycles. The molecule has 0 saturated heterocycles. The molecule has 7 aromatic rings. The van der Waals surface area contributed by atoms with E-state index < -0.39 is 23.9 Å². The molecule has 0 amide bonds. The van der Waals surface area contributed by atoms with E-state index in [-0.39, 0.29) is 22.3 Å². The summed E-state index contributed by atoms with van der Waals surface area (Å²) in [6.45, 7) is 0. The number of aliphatic imine (C=N–C) groups is 1. The molecule has 4 aromatic carbocycles. The fourth-order valence-corrected chi connectivity index (χ4v) is 7.57. The number of hydrogen-bond acceptors (Lipinski definition) is 6. The Hall–Kier alpha value is -8.64. The molecule has 0 atom stereocenters. The quantitative estimate of drug-likeness (QED) is 0.0864. The Bertz CT molecular complexity index is 2750. The van der Waals surface area contributed by atoms with Crippen LogP contribution in [-0.2, 0) is 0 Å². The maximum Gasteiger partial charge on any atom is 0.335 e. The standard InChI is InChI=1S/C48H30N4O8/c53-45(54)29-9-1-25(2-10-29)41-33-23-40(49-24-33)44(28-7-15-32(16-8-28)48(59)60)39-22-21-38(52-39)43(27-5-13-31(14-6-27)47(57)58)37-20-19-36(51-37)42(35-18-17-34(41)50-35)26-3-11-30(12-4-26)46(55)56/h1-24,50,52H,(H,53,54)(H,55,56)(H,57,58)(H,59,60). The van der Waals surface area contributed by atoms with Crippen LogP contribution in [0.5, 0.6) is 0 Å². The summed E-state index contributed by atoms with van der Waals surface area (Å²) in [6, 6.07) is 35.6. The van der Waals surface area contributed by atoms with Crippen LogP contribution in [0.15, 0.2) is 132 Å². The minimum Gasteiger partial charge on any atom is -0.478 e. The monoisotopic (exact) mass is 790 g/mol. The van der Waals surface area contributed by atoms with E-state index in [1.807, 2.05) is 42.5 Å². The molecule has 0 fully saturated rings. The first-order chi connectivity index (χ1) is 29.0. The molecule has 0 radical (unpaired) electrons. The molecule has 2 aliphatic heterocycles. The Morgan fingerprint density at radius 2 is 0.717 bits per heavy atom. The molecule has 12 heteroatoms. The van der Waals surface area contributed by atoms with E-state index >= 15 is 0 Å². The van der Waals surface area contributed by atoms with Gasteiger partial charge in [-0.05, 0) is 113 Å². The van der Waals surface area contributed by atoms with E-state index in [1.54, 1.807) is 54.7 Å². The molecule has 8 bridgehead atoms. The summed E-state index contributed by atoms with van der Waals surface area (Å²) < 4.78 is 0. The van der Waals surface area contributed by atoms with Crippen molar-refractivity contribution < 1.29 is 39.6 Å². The number of benzene rings is 4. The van der Waals surface area contributed by atoms with Gasteiger partial charge < -0.3 is 30.4 Å². The maximum atomic E-state index is 11.8. The molecule has 2 aliphatic rings. The van der Waals surface area contributed by atoms with E-state index in [1.165, 1.54) is 48.5 Å². The van der Waals surface area contributed by atoms with E-state index in [4.69, 9.17) is 9.98 Å². The predicted molar refractivity (Wildman–Crippen MR) is 229 cm³/mol. The van der Waals surface area contributed by atoms with Crippen molar-refractivity contribution in [2.75, 3.05) is 0 Å². The summed E-state index contributed by atoms with van der Waals surface area (Å²) >= 11 is 0. The lowest BCUT2D eigenvalue weighted by Gasteiger charge is -2.07. The topological polar surface area (TPSA) is 206 Å². The Labute approximate surface area is 339 Å². The Morgan fingerprint density at radius 1 is 0.400 bits per heavy atom. The zero-order valence-corrected chi connectivity index (χ0v) is 31.2. The smallest absolute Gasteiger partial charge is 0.335 e. The largest absolute Gasteiger partial charge is 0.478 e. The van der Waals surface area contributed by atoms with Gasteiger partial charge in [0.1, 0.15) is 0 Å². The number of carbonyl (C=O) groups is 4. The van der Waals surface area contributed by atoms with Crippen LogP contribution in [-0.4, -0.2) is 65.5 Å². The number of aromatic carboxylic acids is 4. The number of aromatic amines is 2. The molecule has 3 aromatic heterocycles. The van der Waals surface area contributed by atoms with Crippen molar-refractivity contribution in [1.82, 2.24) is 15.0 Å². The molecule has 5 heterocycles. The van der Waals surface area contributed by atoms with Gasteiger partial charge in [0.15, 0.2) is 0 Å². The number of rotatable bonds is 8. The number of aromatic nitrogens is 3. The van der Waals surface area contributed by atoms with E-state index in [9.17, 15) is 39.6 Å². The molecular weight excluding hydrogens is 761 g/mol. The minimum absolute atomic E-state index is 0.117. The number of carboxylic acid groups (broad SMARTS) is 4. The van der Waals surface area contributed by atoms with Gasteiger partial charge in [0.25, 0.3) is 0 Å². The van der Waals surface area contributed by atoms with Crippen LogP contribution >= 0.6 is 0 Å². The Balaban J connectivity index is 1.43. The zero-order valence-electron chi connectivity index (χ0n) is 31.2. The third-order valence-corrected chi connectivity index (χ3v) is 10.5. The van der Waals surface area contributed by atoms with Crippen LogP contribution in [0.2, 0.25) is 0 Å². The summed E-state index contributed by atoms with van der Waals surface area (Å²) in [5.74, 6) is -4.25. The lowest BCUT2D eigenvalue weighted by molar-refractivity contribution is 0.0686. The summed E-state index contributed by atoms with van der Waals surface area (Å²) in [5.41, 5.74) is 11.0. The van der Waals surface area contributed by atoms with Crippen molar-refractivity contribution in [3.63, 3.8) is 0 Å². The summed E-state index contributed by atoms with van der Waals surface area (Å²) in [5, 5.41) is 38.7. The van der Waals surface area contributed by atoms with Gasteiger partial charge in [-0.3, -0.25) is 4.99 Å². The second-order valence-corrected chi connectivity index (χ2v) is 14.1. The van der Waals surface area contributed by atoms with Gasteiger partial charge in [0.2, 0.25) is 0 Å². The number of H-pyrrole nitrogens is 2. The van der Waals surface area contributed by atoms with Crippen LogP contribution in [0, 0.1) is 0 Å². The predicted octanol–water partition coefficient (Wildman–Crippen LogP) is 10.3. The number of nitrogens with zero attached hydrogens (tertiary/aromatic N) is 2. The third-order valence-electron chi connectivity index (χ3n) is 10.5. The molecular formula is C48H30N4O8. The highest BCUT2D eigenvalue weighted by atomic mass is 16.4. The third kappa shape index (κ3) is 6.69. The SMILES string of the molecule is O=C(O)c1ccc(-c2c3cc(c(-c4ccc(C(=O)O)cc4)c4ccc([nH]4)c(-c4ccc(C(=O)O)cc4)c4nc(c(-c5ccc(C(=O)O)cc5)c5ccc2[nH]5)C=C4)N=C3)cc1. The highest BCUT2D eigenvalue weighted by Gasteiger charge is 2.20. The van der Waals surface area contributed by atoms with Gasteiger partial charge in [-0.1, -0.05) is 48.5 Å². The van der Waals surface area contributed by atoms with Crippen LogP contribution in [0.4, 0.5) is 5.69 Å².